The third kappa shape index (κ3) is 4.65. The van der Waals surface area contributed by atoms with Crippen LogP contribution in [-0.2, 0) is 18.4 Å². The molecule has 1 aliphatic rings. The summed E-state index contributed by atoms with van der Waals surface area (Å²) < 4.78 is 3.12. The fourth-order valence-corrected chi connectivity index (χ4v) is 4.64. The number of nitrogens with two attached hydrogens (primary N) is 1. The van der Waals surface area contributed by atoms with Crippen molar-refractivity contribution in [1.82, 2.24) is 24.5 Å². The summed E-state index contributed by atoms with van der Waals surface area (Å²) in [6.07, 6.45) is 8.51. The van der Waals surface area contributed by atoms with Gasteiger partial charge in [-0.25, -0.2) is 9.67 Å². The molecule has 3 heterocycles. The van der Waals surface area contributed by atoms with E-state index >= 15 is 0 Å². The molecule has 1 atom stereocenters. The molecule has 0 aliphatic heterocycles. The van der Waals surface area contributed by atoms with Gasteiger partial charge in [0.2, 0.25) is 0 Å². The number of carbonyl (C=O) groups is 2. The molecule has 2 amide bonds. The summed E-state index contributed by atoms with van der Waals surface area (Å²) in [6, 6.07) is 4.40. The van der Waals surface area contributed by atoms with E-state index in [4.69, 9.17) is 5.73 Å². The number of carbonyl (C=O) groups excluding carboxylic acids is 2. The molecule has 3 aromatic rings. The van der Waals surface area contributed by atoms with Gasteiger partial charge in [0.15, 0.2) is 0 Å². The van der Waals surface area contributed by atoms with Gasteiger partial charge in [0.25, 0.3) is 11.8 Å². The van der Waals surface area contributed by atoms with Gasteiger partial charge in [-0.05, 0) is 42.9 Å². The van der Waals surface area contributed by atoms with E-state index in [2.05, 4.69) is 27.4 Å². The van der Waals surface area contributed by atoms with E-state index in [9.17, 15) is 14.7 Å². The molecule has 4 rings (SSSR count). The third-order valence-electron chi connectivity index (χ3n) is 6.43. The molecule has 1 unspecified atom stereocenters. The predicted molar refractivity (Wildman–Crippen MR) is 122 cm³/mol. The number of hydrogen-bond acceptors (Lipinski definition) is 6. The number of anilines is 1. The highest BCUT2D eigenvalue weighted by Gasteiger charge is 2.35. The lowest BCUT2D eigenvalue weighted by Crippen LogP contribution is -2.37. The topological polar surface area (TPSA) is 141 Å². The fourth-order valence-electron chi connectivity index (χ4n) is 4.64. The molecule has 174 valence electrons. The maximum absolute atomic E-state index is 13.4. The molecule has 0 saturated heterocycles. The van der Waals surface area contributed by atoms with Gasteiger partial charge in [0.05, 0.1) is 18.5 Å². The number of primary amides is 1. The number of nitrogens with one attached hydrogen (secondary N) is 1. The summed E-state index contributed by atoms with van der Waals surface area (Å²) in [5.74, 6) is 0.145. The van der Waals surface area contributed by atoms with Crippen LogP contribution in [0.3, 0.4) is 0 Å². The third-order valence-corrected chi connectivity index (χ3v) is 6.43. The Morgan fingerprint density at radius 1 is 1.18 bits per heavy atom. The zero-order chi connectivity index (χ0) is 23.5. The Morgan fingerprint density at radius 2 is 1.94 bits per heavy atom. The molecule has 0 spiro atoms. The summed E-state index contributed by atoms with van der Waals surface area (Å²) in [6.45, 7) is 2.08. The predicted octanol–water partition coefficient (Wildman–Crippen LogP) is 2.28. The van der Waals surface area contributed by atoms with Crippen molar-refractivity contribution in [2.24, 2.45) is 24.6 Å². The molecule has 4 N–H and O–H groups in total. The highest BCUT2D eigenvalue weighted by molar-refractivity contribution is 5.95. The normalized spacial score (nSPS) is 19.2. The molecule has 10 nitrogen and oxygen atoms in total. The lowest BCUT2D eigenvalue weighted by atomic mass is 9.79. The zero-order valence-corrected chi connectivity index (χ0v) is 18.8. The number of rotatable bonds is 7. The summed E-state index contributed by atoms with van der Waals surface area (Å²) in [7, 11) is 1.79. The molecule has 1 saturated carbocycles. The average molecular weight is 452 g/mol. The fraction of sp³-hybridized carbons (Fsp3) is 0.435. The van der Waals surface area contributed by atoms with E-state index in [1.54, 1.807) is 30.2 Å². The van der Waals surface area contributed by atoms with Crippen LogP contribution in [0.1, 0.15) is 54.7 Å². The van der Waals surface area contributed by atoms with Crippen LogP contribution in [-0.4, -0.2) is 41.5 Å². The first kappa shape index (κ1) is 22.7. The van der Waals surface area contributed by atoms with Crippen LogP contribution in [0.4, 0.5) is 5.82 Å². The van der Waals surface area contributed by atoms with Gasteiger partial charge in [-0.15, -0.1) is 0 Å². The van der Waals surface area contributed by atoms with Gasteiger partial charge < -0.3 is 16.2 Å². The van der Waals surface area contributed by atoms with Gasteiger partial charge >= 0.3 is 0 Å². The quantitative estimate of drug-likeness (QED) is 0.503. The van der Waals surface area contributed by atoms with Gasteiger partial charge in [-0.2, -0.15) is 10.2 Å². The number of aromatic nitrogens is 5. The molecule has 1 aliphatic carbocycles. The van der Waals surface area contributed by atoms with E-state index in [1.807, 2.05) is 6.07 Å². The van der Waals surface area contributed by atoms with Crippen molar-refractivity contribution in [2.45, 2.75) is 45.3 Å². The van der Waals surface area contributed by atoms with E-state index in [0.717, 1.165) is 36.9 Å². The Balaban J connectivity index is 1.58. The van der Waals surface area contributed by atoms with Crippen LogP contribution >= 0.6 is 0 Å². The Hall–Kier alpha value is -3.53. The summed E-state index contributed by atoms with van der Waals surface area (Å²) in [5, 5.41) is 20.9. The highest BCUT2D eigenvalue weighted by Crippen LogP contribution is 2.36. The van der Waals surface area contributed by atoms with Crippen molar-refractivity contribution < 1.29 is 14.7 Å². The maximum Gasteiger partial charge on any atom is 0.267 e. The molecule has 0 bridgehead atoms. The number of aliphatic hydroxyl groups excluding tert-OH is 1. The Labute approximate surface area is 191 Å². The molecule has 1 fully saturated rings. The SMILES string of the molecule is CC1CCC(C(C(=O)Nc2ccc(-c3c(CO)cnn3C)cn2)n2nccc2C(N)=O)CC1. The minimum absolute atomic E-state index is 0.0417. The summed E-state index contributed by atoms with van der Waals surface area (Å²) in [5.41, 5.74) is 7.98. The first-order chi connectivity index (χ1) is 15.9. The van der Waals surface area contributed by atoms with Crippen molar-refractivity contribution in [2.75, 3.05) is 5.32 Å². The lowest BCUT2D eigenvalue weighted by Gasteiger charge is -2.32. The number of amides is 2. The molecule has 3 aromatic heterocycles. The van der Waals surface area contributed by atoms with Crippen molar-refractivity contribution in [3.8, 4) is 11.3 Å². The van der Waals surface area contributed by atoms with Gasteiger partial charge in [-0.3, -0.25) is 14.3 Å². The smallest absolute Gasteiger partial charge is 0.267 e. The van der Waals surface area contributed by atoms with Crippen molar-refractivity contribution in [3.05, 3.63) is 48.0 Å². The number of nitrogens with zero attached hydrogens (tertiary/aromatic N) is 5. The van der Waals surface area contributed by atoms with Crippen LogP contribution in [0.15, 0.2) is 36.8 Å². The second-order valence-electron chi connectivity index (χ2n) is 8.71. The first-order valence-corrected chi connectivity index (χ1v) is 11.1. The minimum atomic E-state index is -0.658. The maximum atomic E-state index is 13.4. The van der Waals surface area contributed by atoms with Gasteiger partial charge in [0.1, 0.15) is 17.6 Å². The Morgan fingerprint density at radius 3 is 2.58 bits per heavy atom. The zero-order valence-electron chi connectivity index (χ0n) is 18.8. The number of hydrogen-bond donors (Lipinski definition) is 3. The highest BCUT2D eigenvalue weighted by atomic mass is 16.3. The summed E-state index contributed by atoms with van der Waals surface area (Å²) in [4.78, 5) is 29.7. The van der Waals surface area contributed by atoms with Crippen LogP contribution in [0.5, 0.6) is 0 Å². The largest absolute Gasteiger partial charge is 0.392 e. The van der Waals surface area contributed by atoms with E-state index in [1.165, 1.54) is 16.9 Å². The minimum Gasteiger partial charge on any atom is -0.392 e. The number of pyridine rings is 1. The molecule has 0 radical (unpaired) electrons. The summed E-state index contributed by atoms with van der Waals surface area (Å²) >= 11 is 0. The van der Waals surface area contributed by atoms with Crippen LogP contribution in [0.25, 0.3) is 11.3 Å². The number of aryl methyl sites for hydroxylation is 1. The second-order valence-corrected chi connectivity index (χ2v) is 8.71. The second kappa shape index (κ2) is 9.53. The monoisotopic (exact) mass is 451 g/mol. The average Bonchev–Trinajstić information content (AvgIpc) is 3.43. The van der Waals surface area contributed by atoms with Gasteiger partial charge in [-0.1, -0.05) is 19.8 Å². The van der Waals surface area contributed by atoms with Crippen LogP contribution in [0.2, 0.25) is 0 Å². The molecule has 10 heteroatoms. The van der Waals surface area contributed by atoms with Crippen LogP contribution in [0, 0.1) is 11.8 Å². The van der Waals surface area contributed by atoms with Crippen molar-refractivity contribution >= 4 is 17.6 Å². The van der Waals surface area contributed by atoms with Crippen molar-refractivity contribution in [3.63, 3.8) is 0 Å². The first-order valence-electron chi connectivity index (χ1n) is 11.1. The Bertz CT molecular complexity index is 1130. The van der Waals surface area contributed by atoms with Gasteiger partial charge in [0, 0.05) is 30.6 Å². The molecular formula is C23H29N7O3. The molecule has 0 aromatic carbocycles. The van der Waals surface area contributed by atoms with E-state index in [0.29, 0.717) is 17.3 Å². The number of aliphatic hydroxyl groups is 1. The van der Waals surface area contributed by atoms with E-state index < -0.39 is 11.9 Å². The molecule has 33 heavy (non-hydrogen) atoms. The van der Waals surface area contributed by atoms with E-state index in [-0.39, 0.29) is 24.1 Å². The molecular weight excluding hydrogens is 422 g/mol. The lowest BCUT2D eigenvalue weighted by molar-refractivity contribution is -0.121. The van der Waals surface area contributed by atoms with Crippen molar-refractivity contribution in [1.29, 1.82) is 0 Å². The van der Waals surface area contributed by atoms with Crippen LogP contribution < -0.4 is 11.1 Å². The Kier molecular flexibility index (Phi) is 6.55. The standard InChI is InChI=1S/C23H29N7O3/c1-14-3-5-15(6-4-14)21(30-18(22(24)32)9-10-26-30)23(33)28-19-8-7-16(11-25-19)20-17(13-31)12-27-29(20)2/h7-12,14-15,21,31H,3-6,13H2,1-2H3,(H2,24,32)(H,25,28,33).